The number of thioether (sulfide) groups is 1. The second-order valence-electron chi connectivity index (χ2n) is 9.60. The Kier molecular flexibility index (Phi) is 6.06. The van der Waals surface area contributed by atoms with Crippen molar-refractivity contribution in [3.63, 3.8) is 0 Å². The molecule has 0 radical (unpaired) electrons. The van der Waals surface area contributed by atoms with Crippen molar-refractivity contribution in [2.75, 3.05) is 26.3 Å². The predicted octanol–water partition coefficient (Wildman–Crippen LogP) is 2.16. The van der Waals surface area contributed by atoms with Crippen LogP contribution in [0.15, 0.2) is 54.6 Å². The molecule has 34 heavy (non-hydrogen) atoms. The first-order valence-electron chi connectivity index (χ1n) is 11.9. The van der Waals surface area contributed by atoms with Gasteiger partial charge in [-0.2, -0.15) is 0 Å². The number of benzene rings is 1. The molecule has 0 saturated carbocycles. The summed E-state index contributed by atoms with van der Waals surface area (Å²) in [4.78, 5) is 44.6. The van der Waals surface area contributed by atoms with Gasteiger partial charge in [0.25, 0.3) is 0 Å². The molecule has 5 atom stereocenters. The molecule has 4 aliphatic rings. The minimum atomic E-state index is -0.848. The highest BCUT2D eigenvalue weighted by molar-refractivity contribution is 8.02. The number of hydrogen-bond acceptors (Lipinski definition) is 6. The van der Waals surface area contributed by atoms with Gasteiger partial charge in [0.1, 0.15) is 12.6 Å². The van der Waals surface area contributed by atoms with E-state index in [0.29, 0.717) is 32.5 Å². The van der Waals surface area contributed by atoms with Crippen LogP contribution in [0.4, 0.5) is 0 Å². The number of carbonyl (C=O) groups excluding carboxylic acids is 3. The Hall–Kier alpha value is -2.58. The maximum atomic E-state index is 14.1. The van der Waals surface area contributed by atoms with Gasteiger partial charge in [0.05, 0.1) is 16.6 Å². The molecule has 5 rings (SSSR count). The third-order valence-electron chi connectivity index (χ3n) is 7.42. The molecular weight excluding hydrogens is 452 g/mol. The number of likely N-dealkylation sites (tertiary alicyclic amines) is 1. The molecule has 1 spiro atoms. The van der Waals surface area contributed by atoms with Crippen molar-refractivity contribution >= 4 is 29.5 Å². The SMILES string of the molecule is C[C@@]12C=CCOC(=O)[C@@H]1[C@H]1C(=O)N(CCCCO)C3C(=O)N(Cc4ccccc4)CC=C[C@@]31S2. The second-order valence-corrected chi connectivity index (χ2v) is 11.4. The summed E-state index contributed by atoms with van der Waals surface area (Å²) in [6, 6.07) is 9.11. The van der Waals surface area contributed by atoms with Crippen LogP contribution in [-0.2, 0) is 25.7 Å². The van der Waals surface area contributed by atoms with Crippen LogP contribution in [0.3, 0.4) is 0 Å². The number of ether oxygens (including phenoxy) is 1. The summed E-state index contributed by atoms with van der Waals surface area (Å²) in [6.45, 7) is 3.47. The highest BCUT2D eigenvalue weighted by Crippen LogP contribution is 2.65. The van der Waals surface area contributed by atoms with E-state index < -0.39 is 27.4 Å². The molecule has 1 aromatic rings. The molecule has 1 aromatic carbocycles. The van der Waals surface area contributed by atoms with Gasteiger partial charge >= 0.3 is 5.97 Å². The lowest BCUT2D eigenvalue weighted by Gasteiger charge is -2.36. The molecule has 2 amide bonds. The molecule has 0 bridgehead atoms. The van der Waals surface area contributed by atoms with Crippen LogP contribution in [0.1, 0.15) is 25.3 Å². The number of nitrogens with zero attached hydrogens (tertiary/aromatic N) is 2. The van der Waals surface area contributed by atoms with Crippen molar-refractivity contribution in [1.82, 2.24) is 9.80 Å². The Bertz CT molecular complexity index is 1040. The van der Waals surface area contributed by atoms with Crippen LogP contribution in [-0.4, -0.2) is 74.5 Å². The van der Waals surface area contributed by atoms with E-state index in [-0.39, 0.29) is 31.0 Å². The largest absolute Gasteiger partial charge is 0.461 e. The minimum absolute atomic E-state index is 0.0296. The van der Waals surface area contributed by atoms with Gasteiger partial charge in [0, 0.05) is 31.0 Å². The average molecular weight is 483 g/mol. The minimum Gasteiger partial charge on any atom is -0.461 e. The highest BCUT2D eigenvalue weighted by atomic mass is 32.2. The van der Waals surface area contributed by atoms with E-state index in [1.807, 2.05) is 61.6 Å². The van der Waals surface area contributed by atoms with Gasteiger partial charge in [0.2, 0.25) is 11.8 Å². The molecule has 8 heteroatoms. The Morgan fingerprint density at radius 1 is 1.06 bits per heavy atom. The van der Waals surface area contributed by atoms with E-state index in [9.17, 15) is 19.5 Å². The number of unbranched alkanes of at least 4 members (excludes halogenated alkanes) is 1. The number of rotatable bonds is 6. The molecule has 0 aromatic heterocycles. The van der Waals surface area contributed by atoms with Crippen molar-refractivity contribution < 1.29 is 24.2 Å². The first-order chi connectivity index (χ1) is 16.4. The number of aliphatic hydroxyl groups is 1. The Balaban J connectivity index is 1.56. The van der Waals surface area contributed by atoms with Crippen LogP contribution < -0.4 is 0 Å². The van der Waals surface area contributed by atoms with Crippen LogP contribution in [0.25, 0.3) is 0 Å². The van der Waals surface area contributed by atoms with Crippen molar-refractivity contribution in [2.24, 2.45) is 11.8 Å². The van der Waals surface area contributed by atoms with Gasteiger partial charge < -0.3 is 19.6 Å². The molecule has 1 unspecified atom stereocenters. The van der Waals surface area contributed by atoms with Gasteiger partial charge in [-0.3, -0.25) is 14.4 Å². The standard InChI is InChI=1S/C26H30N2O5S/c1-25-11-8-16-33-24(32)20(25)19-22(30)28(14-5-6-15-29)21-23(31)27(13-7-12-26(19,21)34-25)17-18-9-3-2-4-10-18/h2-4,7-12,19-21,29H,5-6,13-17H2,1H3/t19-,20-,21?,25+,26-/m0/s1. The summed E-state index contributed by atoms with van der Waals surface area (Å²) in [5, 5.41) is 9.29. The number of hydrogen-bond donors (Lipinski definition) is 1. The van der Waals surface area contributed by atoms with E-state index >= 15 is 0 Å². The lowest BCUT2D eigenvalue weighted by atomic mass is 9.75. The normalized spacial score (nSPS) is 34.4. The predicted molar refractivity (Wildman–Crippen MR) is 129 cm³/mol. The van der Waals surface area contributed by atoms with Crippen molar-refractivity contribution in [3.8, 4) is 0 Å². The summed E-state index contributed by atoms with van der Waals surface area (Å²) < 4.78 is 3.96. The number of fused-ring (bicyclic) bond motifs is 2. The summed E-state index contributed by atoms with van der Waals surface area (Å²) in [6.07, 6.45) is 8.95. The molecule has 180 valence electrons. The van der Waals surface area contributed by atoms with E-state index in [0.717, 1.165) is 5.56 Å². The molecule has 7 nitrogen and oxygen atoms in total. The summed E-state index contributed by atoms with van der Waals surface area (Å²) in [7, 11) is 0. The van der Waals surface area contributed by atoms with E-state index in [1.165, 1.54) is 0 Å². The Labute approximate surface area is 203 Å². The maximum Gasteiger partial charge on any atom is 0.311 e. The molecule has 0 aliphatic carbocycles. The lowest BCUT2D eigenvalue weighted by molar-refractivity contribution is -0.152. The topological polar surface area (TPSA) is 87.1 Å². The maximum absolute atomic E-state index is 14.1. The van der Waals surface area contributed by atoms with Crippen LogP contribution in [0, 0.1) is 11.8 Å². The quantitative estimate of drug-likeness (QED) is 0.380. The molecule has 4 aliphatic heterocycles. The van der Waals surface area contributed by atoms with Crippen LogP contribution in [0.2, 0.25) is 0 Å². The molecule has 4 heterocycles. The van der Waals surface area contributed by atoms with E-state index in [1.54, 1.807) is 21.6 Å². The Morgan fingerprint density at radius 2 is 1.85 bits per heavy atom. The van der Waals surface area contributed by atoms with Crippen molar-refractivity contribution in [3.05, 3.63) is 60.2 Å². The number of carbonyl (C=O) groups is 3. The van der Waals surface area contributed by atoms with Gasteiger partial charge in [-0.25, -0.2) is 0 Å². The van der Waals surface area contributed by atoms with E-state index in [2.05, 4.69) is 0 Å². The highest BCUT2D eigenvalue weighted by Gasteiger charge is 2.73. The third-order valence-corrected chi connectivity index (χ3v) is 9.22. The first-order valence-corrected chi connectivity index (χ1v) is 12.7. The zero-order valence-electron chi connectivity index (χ0n) is 19.3. The zero-order valence-corrected chi connectivity index (χ0v) is 20.1. The summed E-state index contributed by atoms with van der Waals surface area (Å²) in [5.41, 5.74) is 1.02. The average Bonchev–Trinajstić information content (AvgIpc) is 3.08. The van der Waals surface area contributed by atoms with Crippen molar-refractivity contribution in [2.45, 2.75) is 41.8 Å². The Morgan fingerprint density at radius 3 is 2.62 bits per heavy atom. The summed E-state index contributed by atoms with van der Waals surface area (Å²) >= 11 is 1.55. The molecule has 2 fully saturated rings. The molecule has 1 N–H and O–H groups in total. The fourth-order valence-corrected chi connectivity index (χ4v) is 8.13. The third kappa shape index (κ3) is 3.58. The van der Waals surface area contributed by atoms with Crippen LogP contribution >= 0.6 is 11.8 Å². The van der Waals surface area contributed by atoms with Crippen molar-refractivity contribution in [1.29, 1.82) is 0 Å². The van der Waals surface area contributed by atoms with Gasteiger partial charge in [-0.05, 0) is 31.4 Å². The molecular formula is C26H30N2O5S. The fraction of sp³-hybridized carbons (Fsp3) is 0.500. The smallest absolute Gasteiger partial charge is 0.311 e. The van der Waals surface area contributed by atoms with Crippen LogP contribution in [0.5, 0.6) is 0 Å². The van der Waals surface area contributed by atoms with Gasteiger partial charge in [-0.1, -0.05) is 48.6 Å². The first kappa shape index (κ1) is 23.2. The monoisotopic (exact) mass is 482 g/mol. The zero-order chi connectivity index (χ0) is 23.9. The van der Waals surface area contributed by atoms with Gasteiger partial charge in [0.15, 0.2) is 0 Å². The second kappa shape index (κ2) is 8.89. The molecule has 2 saturated heterocycles. The van der Waals surface area contributed by atoms with Gasteiger partial charge in [-0.15, -0.1) is 11.8 Å². The van der Waals surface area contributed by atoms with E-state index in [4.69, 9.17) is 4.74 Å². The number of esters is 1. The number of cyclic esters (lactones) is 1. The number of amides is 2. The number of aliphatic hydroxyl groups excluding tert-OH is 1. The lowest BCUT2D eigenvalue weighted by Crippen LogP contribution is -2.53. The summed E-state index contributed by atoms with van der Waals surface area (Å²) in [5.74, 6) is -1.98. The fourth-order valence-electron chi connectivity index (χ4n) is 5.98.